The summed E-state index contributed by atoms with van der Waals surface area (Å²) >= 11 is 1.20. The van der Waals surface area contributed by atoms with Gasteiger partial charge in [-0.2, -0.15) is 9.40 Å². The van der Waals surface area contributed by atoms with Crippen LogP contribution in [0.25, 0.3) is 16.3 Å². The summed E-state index contributed by atoms with van der Waals surface area (Å²) < 4.78 is 35.5. The van der Waals surface area contributed by atoms with Gasteiger partial charge in [0, 0.05) is 30.3 Å². The van der Waals surface area contributed by atoms with Crippen LogP contribution in [0.15, 0.2) is 87.9 Å². The Hall–Kier alpha value is -4.26. The molecule has 0 saturated carbocycles. The van der Waals surface area contributed by atoms with Crippen LogP contribution in [0.2, 0.25) is 0 Å². The summed E-state index contributed by atoms with van der Waals surface area (Å²) in [5.74, 6) is 1.53. The van der Waals surface area contributed by atoms with Crippen molar-refractivity contribution in [1.82, 2.24) is 19.1 Å². The van der Waals surface area contributed by atoms with E-state index in [1.54, 1.807) is 27.3 Å². The summed E-state index contributed by atoms with van der Waals surface area (Å²) in [7, 11) is -3.56. The van der Waals surface area contributed by atoms with Gasteiger partial charge in [-0.15, -0.1) is 11.3 Å². The van der Waals surface area contributed by atoms with Crippen molar-refractivity contribution in [1.29, 1.82) is 0 Å². The lowest BCUT2D eigenvalue weighted by atomic mass is 9.91. The Morgan fingerprint density at radius 3 is 2.37 bits per heavy atom. The fourth-order valence-corrected chi connectivity index (χ4v) is 8.35. The molecule has 0 spiro atoms. The van der Waals surface area contributed by atoms with Crippen LogP contribution in [0.1, 0.15) is 50.4 Å². The van der Waals surface area contributed by atoms with Crippen LogP contribution in [0.3, 0.4) is 0 Å². The first-order chi connectivity index (χ1) is 22.0. The molecular formula is C34H38N6O4S2. The van der Waals surface area contributed by atoms with Gasteiger partial charge in [-0.05, 0) is 74.1 Å². The third-order valence-corrected chi connectivity index (χ3v) is 11.6. The van der Waals surface area contributed by atoms with E-state index < -0.39 is 10.0 Å². The van der Waals surface area contributed by atoms with E-state index in [2.05, 4.69) is 36.4 Å². The maximum absolute atomic E-state index is 13.3. The van der Waals surface area contributed by atoms with E-state index in [0.29, 0.717) is 40.5 Å². The molecule has 2 N–H and O–H groups in total. The monoisotopic (exact) mass is 658 g/mol. The molecule has 46 heavy (non-hydrogen) atoms. The lowest BCUT2D eigenvalue weighted by Crippen LogP contribution is -2.38. The highest BCUT2D eigenvalue weighted by Gasteiger charge is 2.31. The molecule has 0 aliphatic carbocycles. The molecule has 1 fully saturated rings. The molecule has 5 aromatic rings. The Morgan fingerprint density at radius 2 is 1.72 bits per heavy atom. The van der Waals surface area contributed by atoms with Crippen LogP contribution < -0.4 is 10.6 Å². The molecule has 0 unspecified atom stereocenters. The number of oxazole rings is 1. The lowest BCUT2D eigenvalue weighted by Gasteiger charge is -2.31. The topological polar surface area (TPSA) is 122 Å². The summed E-state index contributed by atoms with van der Waals surface area (Å²) in [4.78, 5) is 17.7. The number of benzene rings is 2. The molecule has 4 heterocycles. The van der Waals surface area contributed by atoms with Gasteiger partial charge in [0.05, 0.1) is 22.5 Å². The van der Waals surface area contributed by atoms with Gasteiger partial charge in [0.2, 0.25) is 0 Å². The normalized spacial score (nSPS) is 14.8. The molecule has 2 amide bonds. The number of carbonyl (C=O) groups is 1. The second-order valence-electron chi connectivity index (χ2n) is 12.7. The standard InChI is InChI=1S/C34H38N6O4S2/c1-23-5-11-27(12-6-23)40-31(20-30(38-40)34(2,3)4)37-33(41)36-26-9-7-24(8-10-26)19-25-15-17-39(18-16-25)46(42,43)32-14-13-29(45-32)28-21-35-22-44-28/h5-14,20-22,25H,15-19H2,1-4H3,(H2,36,37,41). The van der Waals surface area contributed by atoms with Crippen LogP contribution in [-0.4, -0.2) is 46.6 Å². The van der Waals surface area contributed by atoms with Crippen molar-refractivity contribution in [3.8, 4) is 16.3 Å². The maximum atomic E-state index is 13.3. The SMILES string of the molecule is Cc1ccc(-n2nc(C(C)(C)C)cc2NC(=O)Nc2ccc(CC3CCN(S(=O)(=O)c4ccc(-c5cnco5)s4)CC3)cc2)cc1. The van der Waals surface area contributed by atoms with Crippen molar-refractivity contribution in [2.75, 3.05) is 23.7 Å². The average Bonchev–Trinajstić information content (AvgIpc) is 3.80. The number of urea groups is 1. The average molecular weight is 659 g/mol. The van der Waals surface area contributed by atoms with Crippen molar-refractivity contribution in [3.63, 3.8) is 0 Å². The van der Waals surface area contributed by atoms with Gasteiger partial charge in [-0.3, -0.25) is 5.32 Å². The first kappa shape index (κ1) is 31.7. The number of rotatable bonds is 8. The van der Waals surface area contributed by atoms with Gasteiger partial charge in [0.1, 0.15) is 10.0 Å². The minimum atomic E-state index is -3.56. The number of nitrogens with one attached hydrogen (secondary N) is 2. The third-order valence-electron chi connectivity index (χ3n) is 8.16. The Kier molecular flexibility index (Phi) is 8.86. The van der Waals surface area contributed by atoms with Crippen LogP contribution in [0.4, 0.5) is 16.3 Å². The van der Waals surface area contributed by atoms with Gasteiger partial charge >= 0.3 is 6.03 Å². The summed E-state index contributed by atoms with van der Waals surface area (Å²) in [6.45, 7) is 9.27. The molecule has 1 saturated heterocycles. The van der Waals surface area contributed by atoms with Crippen LogP contribution in [-0.2, 0) is 21.9 Å². The van der Waals surface area contributed by atoms with Gasteiger partial charge in [0.25, 0.3) is 10.0 Å². The van der Waals surface area contributed by atoms with Crippen molar-refractivity contribution < 1.29 is 17.6 Å². The van der Waals surface area contributed by atoms with Crippen LogP contribution in [0, 0.1) is 12.8 Å². The molecule has 1 aliphatic rings. The number of nitrogens with zero attached hydrogens (tertiary/aromatic N) is 4. The van der Waals surface area contributed by atoms with Crippen molar-refractivity contribution in [2.24, 2.45) is 5.92 Å². The first-order valence-corrected chi connectivity index (χ1v) is 17.5. The van der Waals surface area contributed by atoms with Crippen LogP contribution >= 0.6 is 11.3 Å². The molecular weight excluding hydrogens is 621 g/mol. The zero-order chi connectivity index (χ0) is 32.5. The smallest absolute Gasteiger partial charge is 0.324 e. The third kappa shape index (κ3) is 7.09. The largest absolute Gasteiger partial charge is 0.443 e. The highest BCUT2D eigenvalue weighted by molar-refractivity contribution is 7.91. The number of piperidine rings is 1. The molecule has 0 atom stereocenters. The minimum Gasteiger partial charge on any atom is -0.443 e. The maximum Gasteiger partial charge on any atom is 0.324 e. The highest BCUT2D eigenvalue weighted by Crippen LogP contribution is 2.34. The number of hydrogen-bond acceptors (Lipinski definition) is 7. The molecule has 0 radical (unpaired) electrons. The van der Waals surface area contributed by atoms with Gasteiger partial charge < -0.3 is 9.73 Å². The molecule has 12 heteroatoms. The fourth-order valence-electron chi connectivity index (χ4n) is 5.47. The van der Waals surface area contributed by atoms with E-state index in [1.165, 1.54) is 17.7 Å². The van der Waals surface area contributed by atoms with E-state index in [4.69, 9.17) is 9.52 Å². The molecule has 3 aromatic heterocycles. The van der Waals surface area contributed by atoms with E-state index in [0.717, 1.165) is 46.6 Å². The molecule has 6 rings (SSSR count). The predicted molar refractivity (Wildman–Crippen MR) is 181 cm³/mol. The lowest BCUT2D eigenvalue weighted by molar-refractivity contribution is 0.262. The Labute approximate surface area is 273 Å². The van der Waals surface area contributed by atoms with Crippen LogP contribution in [0.5, 0.6) is 0 Å². The highest BCUT2D eigenvalue weighted by atomic mass is 32.2. The van der Waals surface area contributed by atoms with Crippen molar-refractivity contribution in [3.05, 3.63) is 96.1 Å². The van der Waals surface area contributed by atoms with Gasteiger partial charge in [0.15, 0.2) is 12.2 Å². The summed E-state index contributed by atoms with van der Waals surface area (Å²) in [5, 5.41) is 10.7. The van der Waals surface area contributed by atoms with E-state index in [9.17, 15) is 13.2 Å². The number of carbonyl (C=O) groups excluding carboxylic acids is 1. The van der Waals surface area contributed by atoms with E-state index in [-0.39, 0.29) is 11.4 Å². The number of hydrogen-bond donors (Lipinski definition) is 2. The summed E-state index contributed by atoms with van der Waals surface area (Å²) in [5.41, 5.74) is 4.53. The Bertz CT molecular complexity index is 1900. The number of sulfonamides is 1. The number of aryl methyl sites for hydroxylation is 1. The second-order valence-corrected chi connectivity index (χ2v) is 16.0. The molecule has 10 nitrogen and oxygen atoms in total. The first-order valence-electron chi connectivity index (χ1n) is 15.3. The molecule has 2 aromatic carbocycles. The number of aromatic nitrogens is 3. The second kappa shape index (κ2) is 12.9. The fraction of sp³-hybridized carbons (Fsp3) is 0.324. The Morgan fingerprint density at radius 1 is 1.00 bits per heavy atom. The zero-order valence-electron chi connectivity index (χ0n) is 26.4. The molecule has 240 valence electrons. The molecule has 0 bridgehead atoms. The summed E-state index contributed by atoms with van der Waals surface area (Å²) in [6, 6.07) is 20.8. The van der Waals surface area contributed by atoms with Gasteiger partial charge in [-0.25, -0.2) is 22.9 Å². The minimum absolute atomic E-state index is 0.184. The Balaban J connectivity index is 1.03. The zero-order valence-corrected chi connectivity index (χ0v) is 28.0. The van der Waals surface area contributed by atoms with Gasteiger partial charge in [-0.1, -0.05) is 50.6 Å². The molecule has 1 aliphatic heterocycles. The van der Waals surface area contributed by atoms with E-state index in [1.807, 2.05) is 61.5 Å². The quantitative estimate of drug-likeness (QED) is 0.178. The number of anilines is 2. The van der Waals surface area contributed by atoms with Crippen molar-refractivity contribution in [2.45, 2.75) is 56.6 Å². The summed E-state index contributed by atoms with van der Waals surface area (Å²) in [6.07, 6.45) is 5.33. The number of thiophene rings is 1. The van der Waals surface area contributed by atoms with E-state index >= 15 is 0 Å². The predicted octanol–water partition coefficient (Wildman–Crippen LogP) is 7.48. The van der Waals surface area contributed by atoms with Crippen molar-refractivity contribution >= 4 is 38.9 Å². The number of amides is 2.